The molecule has 0 saturated carbocycles. The summed E-state index contributed by atoms with van der Waals surface area (Å²) in [7, 11) is 0. The van der Waals surface area contributed by atoms with Crippen LogP contribution in [0.3, 0.4) is 0 Å². The van der Waals surface area contributed by atoms with Gasteiger partial charge in [-0.1, -0.05) is 48.0 Å². The summed E-state index contributed by atoms with van der Waals surface area (Å²) in [5, 5.41) is 13.0. The van der Waals surface area contributed by atoms with Gasteiger partial charge in [0.25, 0.3) is 5.91 Å². The van der Waals surface area contributed by atoms with Crippen molar-refractivity contribution in [1.29, 1.82) is 0 Å². The fraction of sp³-hybridized carbons (Fsp3) is 0.333. The number of aliphatic hydroxyl groups excluding tert-OH is 1. The lowest BCUT2D eigenvalue weighted by atomic mass is 9.95. The quantitative estimate of drug-likeness (QED) is 0.607. The number of thiophene rings is 1. The second kappa shape index (κ2) is 9.51. The molecular weight excluding hydrogens is 394 g/mol. The van der Waals surface area contributed by atoms with Crippen LogP contribution in [-0.2, 0) is 0 Å². The number of nitrogens with one attached hydrogen (secondary N) is 1. The molecule has 1 atom stereocenters. The van der Waals surface area contributed by atoms with Crippen LogP contribution in [0.5, 0.6) is 0 Å². The zero-order chi connectivity index (χ0) is 20.9. The monoisotopic (exact) mass is 421 g/mol. The Hall–Kier alpha value is -2.54. The number of carbonyl (C=O) groups excluding carboxylic acids is 1. The van der Waals surface area contributed by atoms with E-state index in [1.165, 1.54) is 22.5 Å². The van der Waals surface area contributed by atoms with Gasteiger partial charge in [-0.2, -0.15) is 0 Å². The predicted molar refractivity (Wildman–Crippen MR) is 123 cm³/mol. The van der Waals surface area contributed by atoms with Gasteiger partial charge >= 0.3 is 0 Å². The van der Waals surface area contributed by atoms with Gasteiger partial charge in [0.1, 0.15) is 4.83 Å². The standard InChI is InChI=1S/C24H27N3O2S/c1-17(14-18-6-3-2-4-7-18)15-27-12-9-19(16-27)21-20-8-5-10-26-24(20)30-22(21)23(29)25-11-13-28/h2-8,10,14,19,28H,9,11-13,15-16H2,1H3,(H,25,29)/b17-14+. The first kappa shape index (κ1) is 20.7. The third-order valence-corrected chi connectivity index (χ3v) is 6.60. The minimum atomic E-state index is -0.111. The number of fused-ring (bicyclic) bond motifs is 1. The lowest BCUT2D eigenvalue weighted by molar-refractivity contribution is 0.0947. The van der Waals surface area contributed by atoms with E-state index < -0.39 is 0 Å². The van der Waals surface area contributed by atoms with Gasteiger partial charge in [-0.3, -0.25) is 9.69 Å². The number of pyridine rings is 1. The molecule has 1 saturated heterocycles. The number of rotatable bonds is 7. The Morgan fingerprint density at radius 3 is 2.93 bits per heavy atom. The van der Waals surface area contributed by atoms with Crippen LogP contribution in [0.15, 0.2) is 54.2 Å². The lowest BCUT2D eigenvalue weighted by Crippen LogP contribution is -2.27. The smallest absolute Gasteiger partial charge is 0.261 e. The predicted octanol–water partition coefficient (Wildman–Crippen LogP) is 3.91. The Morgan fingerprint density at radius 2 is 2.13 bits per heavy atom. The highest BCUT2D eigenvalue weighted by atomic mass is 32.1. The van der Waals surface area contributed by atoms with Crippen LogP contribution in [0.4, 0.5) is 0 Å². The van der Waals surface area contributed by atoms with Crippen molar-refractivity contribution in [3.63, 3.8) is 0 Å². The maximum absolute atomic E-state index is 12.8. The lowest BCUT2D eigenvalue weighted by Gasteiger charge is -2.17. The molecule has 30 heavy (non-hydrogen) atoms. The minimum Gasteiger partial charge on any atom is -0.395 e. The Labute approximate surface area is 181 Å². The van der Waals surface area contributed by atoms with E-state index in [1.807, 2.05) is 12.1 Å². The largest absolute Gasteiger partial charge is 0.395 e. The molecule has 0 bridgehead atoms. The number of aliphatic hydroxyl groups is 1. The molecule has 4 rings (SSSR count). The van der Waals surface area contributed by atoms with Crippen LogP contribution in [0.1, 0.15) is 40.1 Å². The maximum Gasteiger partial charge on any atom is 0.261 e. The average molecular weight is 422 g/mol. The summed E-state index contributed by atoms with van der Waals surface area (Å²) in [4.78, 5) is 21.3. The third-order valence-electron chi connectivity index (χ3n) is 5.47. The first-order valence-electron chi connectivity index (χ1n) is 10.4. The van der Waals surface area contributed by atoms with Crippen molar-refractivity contribution in [2.45, 2.75) is 19.3 Å². The zero-order valence-electron chi connectivity index (χ0n) is 17.2. The van der Waals surface area contributed by atoms with Crippen molar-refractivity contribution in [2.24, 2.45) is 0 Å². The Kier molecular flexibility index (Phi) is 6.57. The molecule has 1 fully saturated rings. The molecule has 5 nitrogen and oxygen atoms in total. The number of carbonyl (C=O) groups is 1. The molecule has 1 amide bonds. The molecule has 2 aromatic heterocycles. The van der Waals surface area contributed by atoms with E-state index in [1.54, 1.807) is 6.20 Å². The highest BCUT2D eigenvalue weighted by Crippen LogP contribution is 2.39. The number of amides is 1. The van der Waals surface area contributed by atoms with Gasteiger partial charge in [-0.05, 0) is 37.1 Å². The molecule has 3 heterocycles. The summed E-state index contributed by atoms with van der Waals surface area (Å²) < 4.78 is 0. The van der Waals surface area contributed by atoms with Gasteiger partial charge in [0, 0.05) is 37.1 Å². The van der Waals surface area contributed by atoms with Gasteiger partial charge in [0.2, 0.25) is 0 Å². The molecule has 1 aromatic carbocycles. The Morgan fingerprint density at radius 1 is 1.30 bits per heavy atom. The molecule has 1 aliphatic heterocycles. The fourth-order valence-corrected chi connectivity index (χ4v) is 5.37. The first-order valence-corrected chi connectivity index (χ1v) is 11.2. The van der Waals surface area contributed by atoms with E-state index in [0.29, 0.717) is 5.92 Å². The summed E-state index contributed by atoms with van der Waals surface area (Å²) >= 11 is 1.45. The normalized spacial score (nSPS) is 17.5. The number of aromatic nitrogens is 1. The zero-order valence-corrected chi connectivity index (χ0v) is 18.0. The number of hydrogen-bond donors (Lipinski definition) is 2. The molecule has 3 aromatic rings. The van der Waals surface area contributed by atoms with Crippen LogP contribution in [-0.4, -0.2) is 53.7 Å². The van der Waals surface area contributed by atoms with E-state index in [2.05, 4.69) is 58.5 Å². The molecule has 6 heteroatoms. The average Bonchev–Trinajstić information content (AvgIpc) is 3.36. The molecular formula is C24H27N3O2S. The van der Waals surface area contributed by atoms with E-state index in [0.717, 1.165) is 46.7 Å². The topological polar surface area (TPSA) is 65.5 Å². The van der Waals surface area contributed by atoms with Gasteiger partial charge < -0.3 is 10.4 Å². The van der Waals surface area contributed by atoms with Crippen molar-refractivity contribution in [3.8, 4) is 0 Å². The van der Waals surface area contributed by atoms with Crippen molar-refractivity contribution < 1.29 is 9.90 Å². The Bertz CT molecular complexity index is 1050. The highest BCUT2D eigenvalue weighted by Gasteiger charge is 2.30. The molecule has 1 unspecified atom stereocenters. The van der Waals surface area contributed by atoms with Gasteiger partial charge in [-0.15, -0.1) is 11.3 Å². The van der Waals surface area contributed by atoms with Crippen LogP contribution < -0.4 is 5.32 Å². The molecule has 0 radical (unpaired) electrons. The number of benzene rings is 1. The van der Waals surface area contributed by atoms with E-state index >= 15 is 0 Å². The fourth-order valence-electron chi connectivity index (χ4n) is 4.22. The Balaban J connectivity index is 1.53. The number of nitrogens with zero attached hydrogens (tertiary/aromatic N) is 2. The van der Waals surface area contributed by atoms with Crippen molar-refractivity contribution in [1.82, 2.24) is 15.2 Å². The summed E-state index contributed by atoms with van der Waals surface area (Å²) in [5.74, 6) is 0.197. The molecule has 156 valence electrons. The maximum atomic E-state index is 12.8. The van der Waals surface area contributed by atoms with Crippen molar-refractivity contribution in [3.05, 3.63) is 70.2 Å². The SMILES string of the molecule is C/C(=C\c1ccccc1)CN1CCC(c2c(C(=O)NCCO)sc3ncccc23)C1. The summed E-state index contributed by atoms with van der Waals surface area (Å²) in [6, 6.07) is 14.4. The van der Waals surface area contributed by atoms with Crippen molar-refractivity contribution >= 4 is 33.5 Å². The van der Waals surface area contributed by atoms with Gasteiger partial charge in [-0.25, -0.2) is 4.98 Å². The summed E-state index contributed by atoms with van der Waals surface area (Å²) in [6.45, 7) is 5.26. The summed E-state index contributed by atoms with van der Waals surface area (Å²) in [6.07, 6.45) is 5.04. The second-order valence-electron chi connectivity index (χ2n) is 7.80. The molecule has 0 aliphatic carbocycles. The van der Waals surface area contributed by atoms with Gasteiger partial charge in [0.05, 0.1) is 11.5 Å². The van der Waals surface area contributed by atoms with E-state index in [-0.39, 0.29) is 19.1 Å². The minimum absolute atomic E-state index is 0.0611. The van der Waals surface area contributed by atoms with Crippen LogP contribution in [0.25, 0.3) is 16.3 Å². The van der Waals surface area contributed by atoms with Crippen molar-refractivity contribution in [2.75, 3.05) is 32.8 Å². The molecule has 2 N–H and O–H groups in total. The highest BCUT2D eigenvalue weighted by molar-refractivity contribution is 7.20. The second-order valence-corrected chi connectivity index (χ2v) is 8.80. The van der Waals surface area contributed by atoms with E-state index in [4.69, 9.17) is 5.11 Å². The van der Waals surface area contributed by atoms with Crippen LogP contribution >= 0.6 is 11.3 Å². The third kappa shape index (κ3) is 4.61. The van der Waals surface area contributed by atoms with Crippen LogP contribution in [0, 0.1) is 0 Å². The molecule has 0 spiro atoms. The first-order chi connectivity index (χ1) is 14.7. The number of hydrogen-bond acceptors (Lipinski definition) is 5. The van der Waals surface area contributed by atoms with E-state index in [9.17, 15) is 4.79 Å². The van der Waals surface area contributed by atoms with Crippen LogP contribution in [0.2, 0.25) is 0 Å². The number of likely N-dealkylation sites (tertiary alicyclic amines) is 1. The van der Waals surface area contributed by atoms with Gasteiger partial charge in [0.15, 0.2) is 0 Å². The molecule has 1 aliphatic rings. The summed E-state index contributed by atoms with van der Waals surface area (Å²) in [5.41, 5.74) is 3.67.